The molecule has 1 unspecified atom stereocenters. The second kappa shape index (κ2) is 7.78. The molecule has 1 aliphatic heterocycles. The van der Waals surface area contributed by atoms with Crippen molar-refractivity contribution in [3.63, 3.8) is 0 Å². The van der Waals surface area contributed by atoms with Gasteiger partial charge in [0.15, 0.2) is 6.04 Å². The molecule has 0 bridgehead atoms. The van der Waals surface area contributed by atoms with Crippen molar-refractivity contribution >= 4 is 17.4 Å². The molecule has 2 heterocycles. The van der Waals surface area contributed by atoms with E-state index in [0.717, 1.165) is 28.1 Å². The maximum Gasteiger partial charge on any atom is 0.249 e. The molecule has 6 heteroatoms. The summed E-state index contributed by atoms with van der Waals surface area (Å²) >= 11 is 0. The van der Waals surface area contributed by atoms with Crippen LogP contribution in [0.25, 0.3) is 5.57 Å². The summed E-state index contributed by atoms with van der Waals surface area (Å²) < 4.78 is 7.11. The van der Waals surface area contributed by atoms with Crippen molar-refractivity contribution in [3.8, 4) is 5.75 Å². The fourth-order valence-electron chi connectivity index (χ4n) is 3.61. The number of ether oxygens (including phenoxy) is 1. The molecule has 0 radical (unpaired) electrons. The number of allylic oxidation sites excluding steroid dienone is 1. The minimum atomic E-state index is -0.710. The summed E-state index contributed by atoms with van der Waals surface area (Å²) in [7, 11) is 3.51. The SMILES string of the molecule is COc1ccc(CC(=O)N2C=C(C)c3ccn(C)c3C2C(=O)NC(C)(C)C)cc1. The standard InChI is InChI=1S/C23H29N3O3/c1-15-14-26(19(27)13-16-7-9-17(29-6)10-8-16)21(22(28)24-23(2,3)4)20-18(15)11-12-25(20)5/h7-12,14,21H,13H2,1-6H3,(H,24,28). The number of nitrogens with zero attached hydrogens (tertiary/aromatic N) is 2. The number of amides is 2. The van der Waals surface area contributed by atoms with Crippen LogP contribution in [0, 0.1) is 0 Å². The largest absolute Gasteiger partial charge is 0.497 e. The molecule has 1 N–H and O–H groups in total. The van der Waals surface area contributed by atoms with Crippen LogP contribution in [0.2, 0.25) is 0 Å². The highest BCUT2D eigenvalue weighted by Gasteiger charge is 2.38. The first-order chi connectivity index (χ1) is 13.6. The van der Waals surface area contributed by atoms with E-state index in [1.165, 1.54) is 0 Å². The van der Waals surface area contributed by atoms with E-state index >= 15 is 0 Å². The summed E-state index contributed by atoms with van der Waals surface area (Å²) in [6.07, 6.45) is 3.92. The first kappa shape index (κ1) is 20.7. The Bertz CT molecular complexity index is 949. The zero-order valence-electron chi connectivity index (χ0n) is 17.9. The third-order valence-corrected chi connectivity index (χ3v) is 4.96. The van der Waals surface area contributed by atoms with E-state index in [0.29, 0.717) is 0 Å². The van der Waals surface area contributed by atoms with Gasteiger partial charge in [-0.15, -0.1) is 0 Å². The lowest BCUT2D eigenvalue weighted by Gasteiger charge is -2.35. The van der Waals surface area contributed by atoms with Gasteiger partial charge in [0, 0.05) is 30.5 Å². The molecule has 2 aromatic rings. The van der Waals surface area contributed by atoms with Gasteiger partial charge in [-0.3, -0.25) is 9.59 Å². The number of aromatic nitrogens is 1. The Labute approximate surface area is 172 Å². The molecule has 0 saturated carbocycles. The number of carbonyl (C=O) groups is 2. The van der Waals surface area contributed by atoms with Crippen molar-refractivity contribution in [3.05, 3.63) is 59.5 Å². The molecule has 0 aliphatic carbocycles. The lowest BCUT2D eigenvalue weighted by Crippen LogP contribution is -2.49. The minimum absolute atomic E-state index is 0.129. The Balaban J connectivity index is 1.95. The van der Waals surface area contributed by atoms with Crippen LogP contribution >= 0.6 is 0 Å². The molecule has 3 rings (SSSR count). The van der Waals surface area contributed by atoms with Crippen LogP contribution in [0.3, 0.4) is 0 Å². The van der Waals surface area contributed by atoms with Gasteiger partial charge < -0.3 is 19.5 Å². The van der Waals surface area contributed by atoms with Gasteiger partial charge in [0.05, 0.1) is 19.2 Å². The summed E-state index contributed by atoms with van der Waals surface area (Å²) in [5.41, 5.74) is 3.26. The summed E-state index contributed by atoms with van der Waals surface area (Å²) in [5, 5.41) is 3.03. The maximum atomic E-state index is 13.3. The Morgan fingerprint density at radius 3 is 2.38 bits per heavy atom. The van der Waals surface area contributed by atoms with Crippen LogP contribution in [0.15, 0.2) is 42.7 Å². The first-order valence-electron chi connectivity index (χ1n) is 9.71. The minimum Gasteiger partial charge on any atom is -0.497 e. The van der Waals surface area contributed by atoms with Crippen LogP contribution in [-0.4, -0.2) is 33.9 Å². The summed E-state index contributed by atoms with van der Waals surface area (Å²) in [6, 6.07) is 8.69. The van der Waals surface area contributed by atoms with Crippen LogP contribution in [-0.2, 0) is 23.1 Å². The van der Waals surface area contributed by atoms with Crippen molar-refractivity contribution in [2.24, 2.45) is 7.05 Å². The zero-order chi connectivity index (χ0) is 21.3. The average Bonchev–Trinajstić information content (AvgIpc) is 3.03. The predicted octanol–water partition coefficient (Wildman–Crippen LogP) is 3.44. The van der Waals surface area contributed by atoms with E-state index in [4.69, 9.17) is 4.74 Å². The van der Waals surface area contributed by atoms with E-state index in [2.05, 4.69) is 5.32 Å². The molecule has 2 amide bonds. The van der Waals surface area contributed by atoms with Crippen LogP contribution in [0.4, 0.5) is 0 Å². The highest BCUT2D eigenvalue weighted by molar-refractivity contribution is 5.93. The number of methoxy groups -OCH3 is 1. The lowest BCUT2D eigenvalue weighted by molar-refractivity contribution is -0.138. The smallest absolute Gasteiger partial charge is 0.249 e. The maximum absolute atomic E-state index is 13.3. The number of carbonyl (C=O) groups excluding carboxylic acids is 2. The van der Waals surface area contributed by atoms with Gasteiger partial charge in [-0.1, -0.05) is 12.1 Å². The number of fused-ring (bicyclic) bond motifs is 1. The molecule has 6 nitrogen and oxygen atoms in total. The molecular formula is C23H29N3O3. The van der Waals surface area contributed by atoms with E-state index < -0.39 is 11.6 Å². The van der Waals surface area contributed by atoms with Crippen molar-refractivity contribution < 1.29 is 14.3 Å². The van der Waals surface area contributed by atoms with E-state index in [9.17, 15) is 9.59 Å². The summed E-state index contributed by atoms with van der Waals surface area (Å²) in [5.74, 6) is 0.425. The van der Waals surface area contributed by atoms with Crippen molar-refractivity contribution in [1.29, 1.82) is 0 Å². The summed E-state index contributed by atoms with van der Waals surface area (Å²) in [4.78, 5) is 28.0. The van der Waals surface area contributed by atoms with Crippen molar-refractivity contribution in [2.45, 2.75) is 45.7 Å². The van der Waals surface area contributed by atoms with E-state index in [1.54, 1.807) is 18.2 Å². The highest BCUT2D eigenvalue weighted by Crippen LogP contribution is 2.36. The van der Waals surface area contributed by atoms with E-state index in [1.807, 2.05) is 75.8 Å². The van der Waals surface area contributed by atoms with Crippen LogP contribution in [0.5, 0.6) is 5.75 Å². The highest BCUT2D eigenvalue weighted by atomic mass is 16.5. The average molecular weight is 396 g/mol. The molecule has 0 saturated heterocycles. The molecular weight excluding hydrogens is 366 g/mol. The Morgan fingerprint density at radius 2 is 1.79 bits per heavy atom. The van der Waals surface area contributed by atoms with Crippen molar-refractivity contribution in [1.82, 2.24) is 14.8 Å². The quantitative estimate of drug-likeness (QED) is 0.863. The number of rotatable bonds is 4. The molecule has 1 aromatic heterocycles. The number of hydrogen-bond donors (Lipinski definition) is 1. The van der Waals surface area contributed by atoms with Gasteiger partial charge >= 0.3 is 0 Å². The molecule has 1 aliphatic rings. The van der Waals surface area contributed by atoms with Gasteiger partial charge in [0.1, 0.15) is 5.75 Å². The van der Waals surface area contributed by atoms with Crippen LogP contribution in [0.1, 0.15) is 50.6 Å². The fraction of sp³-hybridized carbons (Fsp3) is 0.391. The zero-order valence-corrected chi connectivity index (χ0v) is 17.9. The lowest BCUT2D eigenvalue weighted by atomic mass is 9.96. The monoisotopic (exact) mass is 395 g/mol. The van der Waals surface area contributed by atoms with E-state index in [-0.39, 0.29) is 18.2 Å². The Morgan fingerprint density at radius 1 is 1.14 bits per heavy atom. The van der Waals surface area contributed by atoms with Gasteiger partial charge in [0.2, 0.25) is 11.8 Å². The predicted molar refractivity (Wildman–Crippen MR) is 113 cm³/mol. The van der Waals surface area contributed by atoms with Gasteiger partial charge in [0.25, 0.3) is 0 Å². The first-order valence-corrected chi connectivity index (χ1v) is 9.71. The third-order valence-electron chi connectivity index (χ3n) is 4.96. The van der Waals surface area contributed by atoms with Gasteiger partial charge in [-0.25, -0.2) is 0 Å². The molecule has 0 fully saturated rings. The fourth-order valence-corrected chi connectivity index (χ4v) is 3.61. The van der Waals surface area contributed by atoms with Gasteiger partial charge in [-0.05, 0) is 57.0 Å². The summed E-state index contributed by atoms with van der Waals surface area (Å²) in [6.45, 7) is 7.77. The molecule has 154 valence electrons. The van der Waals surface area contributed by atoms with Gasteiger partial charge in [-0.2, -0.15) is 0 Å². The van der Waals surface area contributed by atoms with Crippen molar-refractivity contribution in [2.75, 3.05) is 7.11 Å². The molecule has 29 heavy (non-hydrogen) atoms. The Hall–Kier alpha value is -3.02. The molecule has 1 aromatic carbocycles. The topological polar surface area (TPSA) is 63.6 Å². The Kier molecular flexibility index (Phi) is 5.55. The number of hydrogen-bond acceptors (Lipinski definition) is 3. The molecule has 1 atom stereocenters. The third kappa shape index (κ3) is 4.36. The second-order valence-corrected chi connectivity index (χ2v) is 8.51. The number of benzene rings is 1. The second-order valence-electron chi connectivity index (χ2n) is 8.51. The number of aryl methyl sites for hydroxylation is 1. The molecule has 0 spiro atoms. The normalized spacial score (nSPS) is 16.1. The van der Waals surface area contributed by atoms with Crippen LogP contribution < -0.4 is 10.1 Å². The number of nitrogens with one attached hydrogen (secondary N) is 1.